The molecule has 2 aromatic rings. The molecule has 1 aliphatic carbocycles. The molecule has 0 radical (unpaired) electrons. The van der Waals surface area contributed by atoms with Crippen LogP contribution >= 0.6 is 11.6 Å². The van der Waals surface area contributed by atoms with Crippen molar-refractivity contribution in [1.29, 1.82) is 0 Å². The average Bonchev–Trinajstić information content (AvgIpc) is 2.99. The van der Waals surface area contributed by atoms with Crippen LogP contribution in [0.3, 0.4) is 0 Å². The standard InChI is InChI=1S/C19H15ClO5/c1-4-24-19(23)18-14-13(15(21)9(2)10(3)16(14)22)17(25-18)11-5-7-12(20)8-6-11/h5-8H,4H2,1-3H3. The van der Waals surface area contributed by atoms with E-state index in [4.69, 9.17) is 20.8 Å². The van der Waals surface area contributed by atoms with Gasteiger partial charge in [0.2, 0.25) is 5.76 Å². The van der Waals surface area contributed by atoms with Crippen LogP contribution in [0.5, 0.6) is 0 Å². The minimum absolute atomic E-state index is 0.0310. The number of benzene rings is 1. The van der Waals surface area contributed by atoms with Gasteiger partial charge in [0.1, 0.15) is 5.76 Å². The second-order valence-corrected chi connectivity index (χ2v) is 6.08. The molecule has 0 N–H and O–H groups in total. The summed E-state index contributed by atoms with van der Waals surface area (Å²) in [5.74, 6) is -1.59. The lowest BCUT2D eigenvalue weighted by atomic mass is 9.84. The summed E-state index contributed by atoms with van der Waals surface area (Å²) in [7, 11) is 0. The Kier molecular flexibility index (Phi) is 4.35. The molecule has 1 aliphatic rings. The molecule has 0 saturated carbocycles. The molecule has 0 fully saturated rings. The molecule has 3 rings (SSSR count). The molecule has 0 atom stereocenters. The maximum Gasteiger partial charge on any atom is 0.375 e. The van der Waals surface area contributed by atoms with Crippen LogP contribution in [0.25, 0.3) is 11.3 Å². The van der Waals surface area contributed by atoms with Gasteiger partial charge in [0.05, 0.1) is 17.7 Å². The topological polar surface area (TPSA) is 73.6 Å². The number of esters is 1. The van der Waals surface area contributed by atoms with Crippen LogP contribution in [0, 0.1) is 0 Å². The second-order valence-electron chi connectivity index (χ2n) is 5.65. The number of hydrogen-bond donors (Lipinski definition) is 0. The number of allylic oxidation sites excluding steroid dienone is 2. The molecule has 0 bridgehead atoms. The first-order chi connectivity index (χ1) is 11.9. The molecule has 1 aromatic carbocycles. The van der Waals surface area contributed by atoms with E-state index in [2.05, 4.69) is 0 Å². The predicted molar refractivity (Wildman–Crippen MR) is 92.1 cm³/mol. The Morgan fingerprint density at radius 2 is 1.60 bits per heavy atom. The summed E-state index contributed by atoms with van der Waals surface area (Å²) in [6, 6.07) is 6.60. The first kappa shape index (κ1) is 17.2. The number of halogens is 1. The van der Waals surface area contributed by atoms with E-state index >= 15 is 0 Å². The summed E-state index contributed by atoms with van der Waals surface area (Å²) in [5.41, 5.74) is 1.25. The lowest BCUT2D eigenvalue weighted by molar-refractivity contribution is 0.0487. The Bertz CT molecular complexity index is 931. The van der Waals surface area contributed by atoms with Crippen molar-refractivity contribution in [1.82, 2.24) is 0 Å². The largest absolute Gasteiger partial charge is 0.460 e. The Balaban J connectivity index is 2.30. The normalized spacial score (nSPS) is 13.9. The van der Waals surface area contributed by atoms with Gasteiger partial charge in [-0.1, -0.05) is 11.6 Å². The van der Waals surface area contributed by atoms with Crippen molar-refractivity contribution in [2.24, 2.45) is 0 Å². The van der Waals surface area contributed by atoms with Gasteiger partial charge >= 0.3 is 5.97 Å². The van der Waals surface area contributed by atoms with Crippen LogP contribution in [0.4, 0.5) is 0 Å². The fourth-order valence-electron chi connectivity index (χ4n) is 2.72. The number of carbonyl (C=O) groups is 3. The molecular weight excluding hydrogens is 344 g/mol. The van der Waals surface area contributed by atoms with Crippen molar-refractivity contribution in [3.8, 4) is 11.3 Å². The van der Waals surface area contributed by atoms with Crippen molar-refractivity contribution in [3.05, 3.63) is 57.3 Å². The molecule has 1 heterocycles. The Labute approximate surface area is 149 Å². The quantitative estimate of drug-likeness (QED) is 0.755. The zero-order valence-corrected chi connectivity index (χ0v) is 14.7. The van der Waals surface area contributed by atoms with E-state index in [1.54, 1.807) is 45.0 Å². The van der Waals surface area contributed by atoms with E-state index in [-0.39, 0.29) is 35.0 Å². The van der Waals surface area contributed by atoms with Gasteiger partial charge in [0.25, 0.3) is 0 Å². The molecule has 0 unspecified atom stereocenters. The highest BCUT2D eigenvalue weighted by Crippen LogP contribution is 2.38. The maximum atomic E-state index is 12.8. The van der Waals surface area contributed by atoms with Gasteiger partial charge in [0, 0.05) is 21.7 Å². The third-order valence-corrected chi connectivity index (χ3v) is 4.43. The second kappa shape index (κ2) is 6.33. The van der Waals surface area contributed by atoms with E-state index < -0.39 is 11.8 Å². The van der Waals surface area contributed by atoms with Crippen LogP contribution in [-0.2, 0) is 4.74 Å². The smallest absolute Gasteiger partial charge is 0.375 e. The van der Waals surface area contributed by atoms with Gasteiger partial charge in [-0.05, 0) is 45.0 Å². The van der Waals surface area contributed by atoms with Crippen molar-refractivity contribution in [3.63, 3.8) is 0 Å². The third kappa shape index (κ3) is 2.70. The molecule has 25 heavy (non-hydrogen) atoms. The number of Topliss-reactive ketones (excluding diaryl/α,β-unsaturated/α-hetero) is 2. The lowest BCUT2D eigenvalue weighted by Gasteiger charge is -2.14. The lowest BCUT2D eigenvalue weighted by Crippen LogP contribution is -2.21. The summed E-state index contributed by atoms with van der Waals surface area (Å²) in [6.07, 6.45) is 0. The maximum absolute atomic E-state index is 12.8. The van der Waals surface area contributed by atoms with Gasteiger partial charge in [-0.2, -0.15) is 0 Å². The Morgan fingerprint density at radius 1 is 1.04 bits per heavy atom. The van der Waals surface area contributed by atoms with E-state index in [0.717, 1.165) is 0 Å². The number of carbonyl (C=O) groups excluding carboxylic acids is 3. The predicted octanol–water partition coefficient (Wildman–Crippen LogP) is 4.49. The summed E-state index contributed by atoms with van der Waals surface area (Å²) in [5, 5.41) is 0.518. The number of furan rings is 1. The average molecular weight is 359 g/mol. The fraction of sp³-hybridized carbons (Fsp3) is 0.211. The van der Waals surface area contributed by atoms with Gasteiger partial charge in [0.15, 0.2) is 11.6 Å². The SMILES string of the molecule is CCOC(=O)c1oc(-c2ccc(Cl)cc2)c2c1C(=O)C(C)=C(C)C2=O. The number of fused-ring (bicyclic) bond motifs is 1. The van der Waals surface area contributed by atoms with Crippen LogP contribution < -0.4 is 0 Å². The Morgan fingerprint density at radius 3 is 2.16 bits per heavy atom. The molecule has 0 amide bonds. The number of ketones is 2. The van der Waals surface area contributed by atoms with Crippen LogP contribution in [-0.4, -0.2) is 24.1 Å². The molecule has 6 heteroatoms. The van der Waals surface area contributed by atoms with Crippen molar-refractivity contribution < 1.29 is 23.5 Å². The summed E-state index contributed by atoms with van der Waals surface area (Å²) < 4.78 is 10.6. The van der Waals surface area contributed by atoms with E-state index in [1.165, 1.54) is 0 Å². The first-order valence-electron chi connectivity index (χ1n) is 7.73. The summed E-state index contributed by atoms with van der Waals surface area (Å²) in [6.45, 7) is 4.92. The zero-order valence-electron chi connectivity index (χ0n) is 13.9. The van der Waals surface area contributed by atoms with Gasteiger partial charge in [-0.3, -0.25) is 9.59 Å². The molecule has 0 aliphatic heterocycles. The summed E-state index contributed by atoms with van der Waals surface area (Å²) >= 11 is 5.90. The first-order valence-corrected chi connectivity index (χ1v) is 8.11. The van der Waals surface area contributed by atoms with Crippen LogP contribution in [0.15, 0.2) is 39.8 Å². The van der Waals surface area contributed by atoms with E-state index in [9.17, 15) is 14.4 Å². The molecule has 128 valence electrons. The van der Waals surface area contributed by atoms with Gasteiger partial charge in [-0.25, -0.2) is 4.79 Å². The molecule has 0 saturated heterocycles. The number of hydrogen-bond acceptors (Lipinski definition) is 5. The third-order valence-electron chi connectivity index (χ3n) is 4.17. The molecule has 5 nitrogen and oxygen atoms in total. The molecule has 1 aromatic heterocycles. The monoisotopic (exact) mass is 358 g/mol. The Hall–Kier alpha value is -2.66. The van der Waals surface area contributed by atoms with Gasteiger partial charge in [-0.15, -0.1) is 0 Å². The van der Waals surface area contributed by atoms with Crippen molar-refractivity contribution in [2.75, 3.05) is 6.61 Å². The molecule has 0 spiro atoms. The minimum atomic E-state index is -0.771. The number of rotatable bonds is 3. The minimum Gasteiger partial charge on any atom is -0.460 e. The summed E-state index contributed by atoms with van der Waals surface area (Å²) in [4.78, 5) is 37.7. The highest BCUT2D eigenvalue weighted by molar-refractivity contribution is 6.31. The van der Waals surface area contributed by atoms with Crippen LogP contribution in [0.2, 0.25) is 5.02 Å². The van der Waals surface area contributed by atoms with Gasteiger partial charge < -0.3 is 9.15 Å². The fourth-order valence-corrected chi connectivity index (χ4v) is 2.85. The van der Waals surface area contributed by atoms with Crippen LogP contribution in [0.1, 0.15) is 52.0 Å². The van der Waals surface area contributed by atoms with E-state index in [1.807, 2.05) is 0 Å². The number of ether oxygens (including phenoxy) is 1. The van der Waals surface area contributed by atoms with Crippen molar-refractivity contribution >= 4 is 29.1 Å². The zero-order chi connectivity index (χ0) is 18.3. The highest BCUT2D eigenvalue weighted by atomic mass is 35.5. The van der Waals surface area contributed by atoms with Crippen molar-refractivity contribution in [2.45, 2.75) is 20.8 Å². The van der Waals surface area contributed by atoms with E-state index in [0.29, 0.717) is 21.7 Å². The molecular formula is C19H15ClO5. The highest BCUT2D eigenvalue weighted by Gasteiger charge is 2.39.